The number of aryl methyl sites for hydroxylation is 3. The van der Waals surface area contributed by atoms with Crippen LogP contribution >= 0.6 is 23.1 Å². The molecule has 2 heterocycles. The van der Waals surface area contributed by atoms with E-state index in [2.05, 4.69) is 41.5 Å². The van der Waals surface area contributed by atoms with Crippen LogP contribution in [0.5, 0.6) is 0 Å². The molecule has 0 aliphatic rings. The lowest BCUT2D eigenvalue weighted by Gasteiger charge is -2.12. The van der Waals surface area contributed by atoms with Gasteiger partial charge in [-0.2, -0.15) is 0 Å². The second kappa shape index (κ2) is 6.86. The molecule has 24 heavy (non-hydrogen) atoms. The zero-order valence-corrected chi connectivity index (χ0v) is 15.6. The average molecular weight is 358 g/mol. The van der Waals surface area contributed by atoms with E-state index >= 15 is 0 Å². The van der Waals surface area contributed by atoms with Gasteiger partial charge in [0.1, 0.15) is 5.01 Å². The quantitative estimate of drug-likeness (QED) is 0.710. The van der Waals surface area contributed by atoms with E-state index in [-0.39, 0.29) is 11.2 Å². The molecular weight excluding hydrogens is 340 g/mol. The maximum Gasteiger partial charge on any atom is 0.239 e. The van der Waals surface area contributed by atoms with Crippen molar-refractivity contribution in [3.63, 3.8) is 0 Å². The van der Waals surface area contributed by atoms with Crippen LogP contribution in [0.2, 0.25) is 0 Å². The van der Waals surface area contributed by atoms with E-state index in [1.165, 1.54) is 28.7 Å². The number of hydrogen-bond donors (Lipinski definition) is 1. The Bertz CT molecular complexity index is 907. The van der Waals surface area contributed by atoms with Crippen molar-refractivity contribution in [2.24, 2.45) is 0 Å². The molecule has 2 aromatic heterocycles. The van der Waals surface area contributed by atoms with Crippen LogP contribution in [0.3, 0.4) is 0 Å². The van der Waals surface area contributed by atoms with Gasteiger partial charge in [0.15, 0.2) is 0 Å². The number of anilines is 1. The highest BCUT2D eigenvalue weighted by molar-refractivity contribution is 8.00. The minimum absolute atomic E-state index is 0.0968. The van der Waals surface area contributed by atoms with Crippen LogP contribution in [-0.4, -0.2) is 26.3 Å². The highest BCUT2D eigenvalue weighted by Crippen LogP contribution is 2.28. The topological polar surface area (TPSA) is 67.8 Å². The van der Waals surface area contributed by atoms with Crippen molar-refractivity contribution >= 4 is 45.0 Å². The minimum atomic E-state index is -0.275. The normalized spacial score (nSPS) is 12.3. The summed E-state index contributed by atoms with van der Waals surface area (Å²) in [5.74, 6) is -0.0968. The third-order valence-corrected chi connectivity index (χ3v) is 5.42. The van der Waals surface area contributed by atoms with E-state index in [9.17, 15) is 4.79 Å². The lowest BCUT2D eigenvalue weighted by Crippen LogP contribution is -2.22. The average Bonchev–Trinajstić information content (AvgIpc) is 2.93. The number of carbonyl (C=O) groups excluding carboxylic acids is 1. The summed E-state index contributed by atoms with van der Waals surface area (Å²) in [7, 11) is 0. The Labute approximate surface area is 148 Å². The highest BCUT2D eigenvalue weighted by Gasteiger charge is 2.17. The number of amides is 1. The van der Waals surface area contributed by atoms with E-state index in [1.54, 1.807) is 0 Å². The third-order valence-electron chi connectivity index (χ3n) is 3.65. The number of benzene rings is 1. The molecule has 1 N–H and O–H groups in total. The van der Waals surface area contributed by atoms with Crippen molar-refractivity contribution in [3.8, 4) is 0 Å². The fraction of sp³-hybridized carbons (Fsp3) is 0.294. The van der Waals surface area contributed by atoms with E-state index in [0.717, 1.165) is 26.5 Å². The number of carbonyl (C=O) groups is 1. The maximum atomic E-state index is 12.3. The van der Waals surface area contributed by atoms with Gasteiger partial charge in [-0.05, 0) is 44.9 Å². The van der Waals surface area contributed by atoms with Gasteiger partial charge in [-0.3, -0.25) is 10.1 Å². The second-order valence-corrected chi connectivity index (χ2v) is 8.17. The second-order valence-electron chi connectivity index (χ2n) is 5.62. The first kappa shape index (κ1) is 16.9. The van der Waals surface area contributed by atoms with E-state index in [1.807, 2.05) is 26.0 Å². The molecule has 7 heteroatoms. The van der Waals surface area contributed by atoms with Crippen LogP contribution < -0.4 is 5.32 Å². The summed E-state index contributed by atoms with van der Waals surface area (Å²) in [6.45, 7) is 7.85. The largest absolute Gasteiger partial charge is 0.300 e. The maximum absolute atomic E-state index is 12.3. The standard InChI is InChI=1S/C17H18N4OS2/c1-9-6-5-7-13-10(2)8-14(18-15(9)13)23-11(3)16(22)19-17-21-20-12(4)24-17/h5-8,11H,1-4H3,(H,19,21,22)/t11-/m1/s1. The van der Waals surface area contributed by atoms with Crippen LogP contribution in [0, 0.1) is 20.8 Å². The van der Waals surface area contributed by atoms with Crippen molar-refractivity contribution in [1.29, 1.82) is 0 Å². The number of para-hydroxylation sites is 1. The molecule has 1 aromatic carbocycles. The molecule has 0 fully saturated rings. The zero-order valence-electron chi connectivity index (χ0n) is 14.0. The predicted octanol–water partition coefficient (Wildman–Crippen LogP) is 4.13. The summed E-state index contributed by atoms with van der Waals surface area (Å²) in [6, 6.07) is 8.20. The Morgan fingerprint density at radius 1 is 1.21 bits per heavy atom. The first-order valence-electron chi connectivity index (χ1n) is 7.58. The van der Waals surface area contributed by atoms with Crippen molar-refractivity contribution < 1.29 is 4.79 Å². The van der Waals surface area contributed by atoms with Gasteiger partial charge in [-0.15, -0.1) is 10.2 Å². The summed E-state index contributed by atoms with van der Waals surface area (Å²) in [5.41, 5.74) is 3.30. The molecule has 124 valence electrons. The first-order valence-corrected chi connectivity index (χ1v) is 9.28. The van der Waals surface area contributed by atoms with Gasteiger partial charge in [-0.25, -0.2) is 4.98 Å². The number of fused-ring (bicyclic) bond motifs is 1. The summed E-state index contributed by atoms with van der Waals surface area (Å²) in [4.78, 5) is 17.0. The van der Waals surface area contributed by atoms with Crippen molar-refractivity contribution in [3.05, 3.63) is 40.4 Å². The van der Waals surface area contributed by atoms with Gasteiger partial charge in [0.25, 0.3) is 0 Å². The minimum Gasteiger partial charge on any atom is -0.300 e. The van der Waals surface area contributed by atoms with Crippen molar-refractivity contribution in [2.45, 2.75) is 38.0 Å². The summed E-state index contributed by atoms with van der Waals surface area (Å²) >= 11 is 2.82. The Morgan fingerprint density at radius 2 is 2.00 bits per heavy atom. The fourth-order valence-electron chi connectivity index (χ4n) is 2.38. The van der Waals surface area contributed by atoms with Crippen LogP contribution in [0.1, 0.15) is 23.1 Å². The van der Waals surface area contributed by atoms with Gasteiger partial charge < -0.3 is 0 Å². The van der Waals surface area contributed by atoms with Crippen LogP contribution in [0.15, 0.2) is 29.3 Å². The first-order chi connectivity index (χ1) is 11.4. The summed E-state index contributed by atoms with van der Waals surface area (Å²) in [5, 5.41) is 13.7. The molecular formula is C17H18N4OS2. The van der Waals surface area contributed by atoms with Gasteiger partial charge in [0.2, 0.25) is 11.0 Å². The highest BCUT2D eigenvalue weighted by atomic mass is 32.2. The third kappa shape index (κ3) is 3.57. The van der Waals surface area contributed by atoms with Crippen LogP contribution in [-0.2, 0) is 4.79 Å². The fourth-order valence-corrected chi connectivity index (χ4v) is 3.89. The van der Waals surface area contributed by atoms with E-state index in [0.29, 0.717) is 5.13 Å². The Hall–Kier alpha value is -1.99. The molecule has 0 bridgehead atoms. The Morgan fingerprint density at radius 3 is 2.71 bits per heavy atom. The molecule has 3 aromatic rings. The lowest BCUT2D eigenvalue weighted by atomic mass is 10.1. The molecule has 5 nitrogen and oxygen atoms in total. The van der Waals surface area contributed by atoms with Crippen molar-refractivity contribution in [1.82, 2.24) is 15.2 Å². The molecule has 0 aliphatic carbocycles. The number of nitrogens with one attached hydrogen (secondary N) is 1. The van der Waals surface area contributed by atoms with Gasteiger partial charge in [0.05, 0.1) is 15.8 Å². The molecule has 0 aliphatic heterocycles. The monoisotopic (exact) mass is 358 g/mol. The molecule has 1 amide bonds. The number of nitrogens with zero attached hydrogens (tertiary/aromatic N) is 3. The van der Waals surface area contributed by atoms with Gasteiger partial charge in [0, 0.05) is 5.39 Å². The zero-order chi connectivity index (χ0) is 17.3. The number of thioether (sulfide) groups is 1. The van der Waals surface area contributed by atoms with Gasteiger partial charge >= 0.3 is 0 Å². The Kier molecular flexibility index (Phi) is 4.82. The SMILES string of the molecule is Cc1nnc(NC(=O)[C@@H](C)Sc2cc(C)c3cccc(C)c3n2)s1. The summed E-state index contributed by atoms with van der Waals surface area (Å²) in [6.07, 6.45) is 0. The number of rotatable bonds is 4. The Balaban J connectivity index is 1.78. The summed E-state index contributed by atoms with van der Waals surface area (Å²) < 4.78 is 0. The molecule has 0 spiro atoms. The van der Waals surface area contributed by atoms with Crippen molar-refractivity contribution in [2.75, 3.05) is 5.32 Å². The van der Waals surface area contributed by atoms with Crippen LogP contribution in [0.4, 0.5) is 5.13 Å². The smallest absolute Gasteiger partial charge is 0.239 e. The van der Waals surface area contributed by atoms with E-state index in [4.69, 9.17) is 4.98 Å². The number of pyridine rings is 1. The molecule has 0 radical (unpaired) electrons. The van der Waals surface area contributed by atoms with E-state index < -0.39 is 0 Å². The predicted molar refractivity (Wildman–Crippen MR) is 99.8 cm³/mol. The molecule has 0 saturated heterocycles. The van der Waals surface area contributed by atoms with Gasteiger partial charge in [-0.1, -0.05) is 41.3 Å². The number of hydrogen-bond acceptors (Lipinski definition) is 6. The lowest BCUT2D eigenvalue weighted by molar-refractivity contribution is -0.115. The molecule has 1 atom stereocenters. The molecule has 0 saturated carbocycles. The number of aromatic nitrogens is 3. The molecule has 0 unspecified atom stereocenters. The van der Waals surface area contributed by atoms with Crippen LogP contribution in [0.25, 0.3) is 10.9 Å². The molecule has 3 rings (SSSR count).